The van der Waals surface area contributed by atoms with E-state index in [2.05, 4.69) is 15.0 Å². The number of carbonyl (C=O) groups excluding carboxylic acids is 1. The highest BCUT2D eigenvalue weighted by Gasteiger charge is 2.08. The second-order valence-electron chi connectivity index (χ2n) is 3.35. The van der Waals surface area contributed by atoms with Crippen LogP contribution in [0.2, 0.25) is 0 Å². The summed E-state index contributed by atoms with van der Waals surface area (Å²) < 4.78 is 4.57. The van der Waals surface area contributed by atoms with Crippen LogP contribution in [0, 0.1) is 0 Å². The van der Waals surface area contributed by atoms with Gasteiger partial charge in [-0.2, -0.15) is 0 Å². The van der Waals surface area contributed by atoms with Gasteiger partial charge in [0.2, 0.25) is 0 Å². The van der Waals surface area contributed by atoms with Gasteiger partial charge in [0.15, 0.2) is 0 Å². The first-order valence-corrected chi connectivity index (χ1v) is 4.77. The minimum Gasteiger partial charge on any atom is -0.464 e. The highest BCUT2D eigenvalue weighted by atomic mass is 16.5. The van der Waals surface area contributed by atoms with Gasteiger partial charge in [-0.15, -0.1) is 0 Å². The van der Waals surface area contributed by atoms with Crippen LogP contribution in [-0.2, 0) is 11.3 Å². The Balaban J connectivity index is 2.49. The van der Waals surface area contributed by atoms with Gasteiger partial charge in [0, 0.05) is 18.3 Å². The van der Waals surface area contributed by atoms with E-state index in [9.17, 15) is 4.79 Å². The van der Waals surface area contributed by atoms with Gasteiger partial charge in [-0.3, -0.25) is 0 Å². The van der Waals surface area contributed by atoms with Crippen molar-refractivity contribution < 1.29 is 14.6 Å². The normalized spacial score (nSPS) is 12.5. The maximum Gasteiger partial charge on any atom is 0.354 e. The molecule has 3 N–H and O–H groups in total. The molecule has 0 aliphatic heterocycles. The number of hydrogen-bond donors (Lipinski definition) is 3. The third-order valence-corrected chi connectivity index (χ3v) is 2.07. The summed E-state index contributed by atoms with van der Waals surface area (Å²) in [6.07, 6.45) is 0. The Morgan fingerprint density at radius 1 is 1.67 bits per heavy atom. The molecule has 5 nitrogen and oxygen atoms in total. The molecule has 0 aliphatic carbocycles. The summed E-state index contributed by atoms with van der Waals surface area (Å²) in [6.45, 7) is 2.55. The monoisotopic (exact) mass is 212 g/mol. The molecule has 5 heteroatoms. The fraction of sp³-hybridized carbons (Fsp3) is 0.500. The Kier molecular flexibility index (Phi) is 4.33. The lowest BCUT2D eigenvalue weighted by molar-refractivity contribution is 0.0594. The van der Waals surface area contributed by atoms with Gasteiger partial charge < -0.3 is 20.1 Å². The van der Waals surface area contributed by atoms with Gasteiger partial charge in [-0.1, -0.05) is 0 Å². The summed E-state index contributed by atoms with van der Waals surface area (Å²) in [6, 6.07) is 3.52. The summed E-state index contributed by atoms with van der Waals surface area (Å²) in [5.41, 5.74) is 1.32. The maximum atomic E-state index is 11.1. The lowest BCUT2D eigenvalue weighted by atomic mass is 10.3. The molecule has 1 atom stereocenters. The minimum atomic E-state index is -0.378. The molecule has 0 saturated carbocycles. The predicted octanol–water partition coefficient (Wildman–Crippen LogP) is 0.272. The van der Waals surface area contributed by atoms with Crippen molar-refractivity contribution >= 4 is 5.97 Å². The third kappa shape index (κ3) is 3.38. The van der Waals surface area contributed by atoms with E-state index in [1.54, 1.807) is 6.07 Å². The molecule has 1 heterocycles. The van der Waals surface area contributed by atoms with Crippen LogP contribution in [0.15, 0.2) is 12.1 Å². The molecule has 0 aliphatic rings. The zero-order valence-corrected chi connectivity index (χ0v) is 8.91. The van der Waals surface area contributed by atoms with Crippen LogP contribution < -0.4 is 5.32 Å². The number of carbonyl (C=O) groups is 1. The van der Waals surface area contributed by atoms with E-state index >= 15 is 0 Å². The van der Waals surface area contributed by atoms with Gasteiger partial charge in [-0.05, 0) is 19.1 Å². The van der Waals surface area contributed by atoms with Crippen molar-refractivity contribution in [1.82, 2.24) is 10.3 Å². The summed E-state index contributed by atoms with van der Waals surface area (Å²) in [7, 11) is 1.34. The second-order valence-corrected chi connectivity index (χ2v) is 3.35. The second kappa shape index (κ2) is 5.53. The topological polar surface area (TPSA) is 74.3 Å². The first kappa shape index (κ1) is 11.7. The molecule has 84 valence electrons. The summed E-state index contributed by atoms with van der Waals surface area (Å²) in [4.78, 5) is 14.0. The quantitative estimate of drug-likeness (QED) is 0.612. The molecule has 0 aromatic carbocycles. The zero-order valence-electron chi connectivity index (χ0n) is 8.91. The molecule has 0 bridgehead atoms. The molecule has 1 rings (SSSR count). The Hall–Kier alpha value is -1.33. The highest BCUT2D eigenvalue weighted by molar-refractivity contribution is 5.87. The summed E-state index contributed by atoms with van der Waals surface area (Å²) >= 11 is 0. The first-order valence-electron chi connectivity index (χ1n) is 4.77. The van der Waals surface area contributed by atoms with Crippen molar-refractivity contribution in [2.45, 2.75) is 19.5 Å². The number of aromatic nitrogens is 1. The number of rotatable bonds is 5. The molecular formula is C10H16N2O3. The molecule has 0 radical (unpaired) electrons. The van der Waals surface area contributed by atoms with Gasteiger partial charge in [0.05, 0.1) is 13.7 Å². The van der Waals surface area contributed by atoms with Gasteiger partial charge >= 0.3 is 5.97 Å². The lowest BCUT2D eigenvalue weighted by Gasteiger charge is -2.08. The number of H-pyrrole nitrogens is 1. The van der Waals surface area contributed by atoms with Gasteiger partial charge in [0.1, 0.15) is 5.69 Å². The van der Waals surface area contributed by atoms with Crippen molar-refractivity contribution in [3.8, 4) is 0 Å². The van der Waals surface area contributed by atoms with Crippen molar-refractivity contribution in [1.29, 1.82) is 0 Å². The molecule has 15 heavy (non-hydrogen) atoms. The van der Waals surface area contributed by atoms with Crippen LogP contribution >= 0.6 is 0 Å². The van der Waals surface area contributed by atoms with E-state index in [1.165, 1.54) is 7.11 Å². The van der Waals surface area contributed by atoms with Crippen LogP contribution in [0.5, 0.6) is 0 Å². The van der Waals surface area contributed by atoms with Crippen molar-refractivity contribution in [2.24, 2.45) is 0 Å². The number of methoxy groups -OCH3 is 1. The highest BCUT2D eigenvalue weighted by Crippen LogP contribution is 2.03. The number of aromatic amines is 1. The Morgan fingerprint density at radius 2 is 2.40 bits per heavy atom. The van der Waals surface area contributed by atoms with E-state index < -0.39 is 0 Å². The molecular weight excluding hydrogens is 196 g/mol. The molecule has 0 unspecified atom stereocenters. The molecule has 0 saturated heterocycles. The average Bonchev–Trinajstić information content (AvgIpc) is 2.73. The lowest BCUT2D eigenvalue weighted by Crippen LogP contribution is -2.28. The van der Waals surface area contributed by atoms with Gasteiger partial charge in [0.25, 0.3) is 0 Å². The van der Waals surface area contributed by atoms with Gasteiger partial charge in [-0.25, -0.2) is 4.79 Å². The fourth-order valence-electron chi connectivity index (χ4n) is 1.12. The smallest absolute Gasteiger partial charge is 0.354 e. The summed E-state index contributed by atoms with van der Waals surface area (Å²) in [5, 5.41) is 11.9. The Labute approximate surface area is 88.4 Å². The molecule has 1 aromatic rings. The number of nitrogens with one attached hydrogen (secondary N) is 2. The largest absolute Gasteiger partial charge is 0.464 e. The summed E-state index contributed by atoms with van der Waals surface area (Å²) in [5.74, 6) is -0.378. The zero-order chi connectivity index (χ0) is 11.3. The molecule has 0 spiro atoms. The van der Waals surface area contributed by atoms with E-state index in [-0.39, 0.29) is 18.6 Å². The van der Waals surface area contributed by atoms with Crippen LogP contribution in [0.3, 0.4) is 0 Å². The van der Waals surface area contributed by atoms with Crippen molar-refractivity contribution in [3.63, 3.8) is 0 Å². The maximum absolute atomic E-state index is 11.1. The van der Waals surface area contributed by atoms with Crippen molar-refractivity contribution in [2.75, 3.05) is 13.7 Å². The van der Waals surface area contributed by atoms with Crippen LogP contribution in [-0.4, -0.2) is 35.8 Å². The molecule has 1 aromatic heterocycles. The number of aliphatic hydroxyl groups is 1. The third-order valence-electron chi connectivity index (χ3n) is 2.07. The Morgan fingerprint density at radius 3 is 3.00 bits per heavy atom. The number of esters is 1. The average molecular weight is 212 g/mol. The minimum absolute atomic E-state index is 0.0369. The van der Waals surface area contributed by atoms with E-state index in [1.807, 2.05) is 13.0 Å². The number of hydrogen-bond acceptors (Lipinski definition) is 4. The molecule has 0 amide bonds. The standard InChI is InChI=1S/C10H16N2O3/c1-7(6-13)11-5-8-3-4-9(12-8)10(14)15-2/h3-4,7,11-13H,5-6H2,1-2H3/t7-/m1/s1. The first-order chi connectivity index (χ1) is 7.17. The van der Waals surface area contributed by atoms with Crippen LogP contribution in [0.1, 0.15) is 23.1 Å². The number of ether oxygens (including phenoxy) is 1. The van der Waals surface area contributed by atoms with E-state index in [0.717, 1.165) is 5.69 Å². The fourth-order valence-corrected chi connectivity index (χ4v) is 1.12. The molecule has 0 fully saturated rings. The predicted molar refractivity (Wildman–Crippen MR) is 55.5 cm³/mol. The Bertz CT molecular complexity index is 322. The van der Waals surface area contributed by atoms with Crippen molar-refractivity contribution in [3.05, 3.63) is 23.5 Å². The van der Waals surface area contributed by atoms with E-state index in [4.69, 9.17) is 5.11 Å². The SMILES string of the molecule is COC(=O)c1ccc(CN[C@H](C)CO)[nH]1. The van der Waals surface area contributed by atoms with Crippen LogP contribution in [0.4, 0.5) is 0 Å². The van der Waals surface area contributed by atoms with Crippen LogP contribution in [0.25, 0.3) is 0 Å². The number of aliphatic hydroxyl groups excluding tert-OH is 1. The van der Waals surface area contributed by atoms with E-state index in [0.29, 0.717) is 12.2 Å².